The summed E-state index contributed by atoms with van der Waals surface area (Å²) in [5.41, 5.74) is 0.470. The molecule has 15 nitrogen and oxygen atoms in total. The van der Waals surface area contributed by atoms with Crippen LogP contribution in [0.2, 0.25) is 0 Å². The molecule has 0 aliphatic carbocycles. The van der Waals surface area contributed by atoms with E-state index in [1.165, 1.54) is 33.2 Å². The first-order valence-electron chi connectivity index (χ1n) is 10.5. The maximum Gasteiger partial charge on any atom is 0.352 e. The van der Waals surface area contributed by atoms with Crippen molar-refractivity contribution in [2.24, 2.45) is 0 Å². The van der Waals surface area contributed by atoms with E-state index in [9.17, 15) is 19.5 Å². The number of ether oxygens (including phenoxy) is 1. The Balaban J connectivity index is 1.19. The van der Waals surface area contributed by atoms with Crippen molar-refractivity contribution in [1.29, 1.82) is 0 Å². The fourth-order valence-electron chi connectivity index (χ4n) is 3.56. The topological polar surface area (TPSA) is 194 Å². The van der Waals surface area contributed by atoms with Crippen molar-refractivity contribution in [1.82, 2.24) is 51.0 Å². The summed E-state index contributed by atoms with van der Waals surface area (Å²) in [5, 5.41) is 37.7. The number of nitrogens with zero attached hydrogens (tertiary/aromatic N) is 8. The summed E-state index contributed by atoms with van der Waals surface area (Å²) in [6.45, 7) is -0.0533. The number of benzene rings is 1. The minimum absolute atomic E-state index is 0.0811. The van der Waals surface area contributed by atoms with Gasteiger partial charge in [-0.2, -0.15) is 4.80 Å². The molecule has 0 bridgehead atoms. The van der Waals surface area contributed by atoms with E-state index in [4.69, 9.17) is 4.74 Å². The number of tetrazole rings is 2. The van der Waals surface area contributed by atoms with Crippen LogP contribution in [-0.2, 0) is 20.9 Å². The van der Waals surface area contributed by atoms with Crippen molar-refractivity contribution >= 4 is 41.3 Å². The number of aliphatic carboxylic acids is 1. The maximum atomic E-state index is 12.8. The number of H-pyrrole nitrogens is 1. The van der Waals surface area contributed by atoms with Gasteiger partial charge in [0.1, 0.15) is 29.4 Å². The van der Waals surface area contributed by atoms with E-state index in [-0.39, 0.29) is 24.6 Å². The third kappa shape index (κ3) is 5.01. The number of aromatic amines is 1. The lowest BCUT2D eigenvalue weighted by Gasteiger charge is -2.49. The number of nitrogens with one attached hydrogen (secondary N) is 2. The first kappa shape index (κ1) is 23.7. The molecule has 5 rings (SSSR count). The molecule has 4 heterocycles. The maximum absolute atomic E-state index is 12.8. The highest BCUT2D eigenvalue weighted by atomic mass is 32.2. The fraction of sp³-hybridized carbons (Fsp3) is 0.316. The number of aromatic nitrogens is 8. The molecule has 2 atom stereocenters. The molecule has 2 aromatic heterocycles. The first-order valence-corrected chi connectivity index (χ1v) is 12.5. The SMILES string of the molecule is O=C(COc1ccccc1)N[C@@H]1C(=O)N2C(C(=O)O)=C(CSc3nnn(Cc4nnn[nH]4)n3)CS[C@@H]12. The van der Waals surface area contributed by atoms with Gasteiger partial charge in [-0.05, 0) is 33.3 Å². The Kier molecular flexibility index (Phi) is 6.81. The lowest BCUT2D eigenvalue weighted by atomic mass is 10.0. The molecule has 0 unspecified atom stereocenters. The number of hydrogen-bond donors (Lipinski definition) is 3. The van der Waals surface area contributed by atoms with E-state index in [1.807, 2.05) is 6.07 Å². The van der Waals surface area contributed by atoms with Crippen molar-refractivity contribution in [3.05, 3.63) is 47.4 Å². The van der Waals surface area contributed by atoms with Gasteiger partial charge in [-0.1, -0.05) is 30.0 Å². The van der Waals surface area contributed by atoms with E-state index >= 15 is 0 Å². The zero-order valence-electron chi connectivity index (χ0n) is 18.3. The summed E-state index contributed by atoms with van der Waals surface area (Å²) in [6, 6.07) is 8.00. The highest BCUT2D eigenvalue weighted by Crippen LogP contribution is 2.41. The van der Waals surface area contributed by atoms with Crippen LogP contribution in [0.4, 0.5) is 0 Å². The predicted molar refractivity (Wildman–Crippen MR) is 123 cm³/mol. The number of amides is 2. The molecule has 0 radical (unpaired) electrons. The molecule has 0 saturated carbocycles. The highest BCUT2D eigenvalue weighted by molar-refractivity contribution is 8.01. The van der Waals surface area contributed by atoms with Crippen LogP contribution in [0.5, 0.6) is 5.75 Å². The number of rotatable bonds is 10. The van der Waals surface area contributed by atoms with Gasteiger partial charge in [-0.15, -0.1) is 27.1 Å². The molecule has 2 aliphatic rings. The molecule has 17 heteroatoms. The van der Waals surface area contributed by atoms with Gasteiger partial charge in [0, 0.05) is 11.5 Å². The zero-order valence-corrected chi connectivity index (χ0v) is 20.0. The minimum atomic E-state index is -1.21. The standard InChI is InChI=1S/C19H18N10O5S2/c30-13(7-34-11-4-2-1-3-5-11)20-14-16(31)29-15(18(32)33)10(8-35-17(14)29)9-36-19-23-27-28(24-19)6-12-21-25-26-22-12/h1-5,14,17H,6-9H2,(H,20,30)(H,32,33)(H,21,22,25,26)/t14-,17+/m1/s1. The first-order chi connectivity index (χ1) is 17.5. The Morgan fingerprint density at radius 1 is 1.28 bits per heavy atom. The van der Waals surface area contributed by atoms with Crippen LogP contribution in [0, 0.1) is 0 Å². The normalized spacial score (nSPS) is 19.0. The Morgan fingerprint density at radius 2 is 2.11 bits per heavy atom. The molecule has 1 saturated heterocycles. The Labute approximate surface area is 211 Å². The van der Waals surface area contributed by atoms with E-state index < -0.39 is 29.2 Å². The monoisotopic (exact) mass is 530 g/mol. The average molecular weight is 531 g/mol. The Morgan fingerprint density at radius 3 is 2.86 bits per heavy atom. The number of carboxylic acids is 1. The van der Waals surface area contributed by atoms with E-state index in [2.05, 4.69) is 41.4 Å². The molecular weight excluding hydrogens is 512 g/mol. The number of β-lactam (4-membered cyclic amide) rings is 1. The third-order valence-electron chi connectivity index (χ3n) is 5.17. The van der Waals surface area contributed by atoms with E-state index in [1.54, 1.807) is 24.3 Å². The van der Waals surface area contributed by atoms with Crippen LogP contribution >= 0.6 is 23.5 Å². The number of carboxylic acid groups (broad SMARTS) is 1. The smallest absolute Gasteiger partial charge is 0.352 e. The average Bonchev–Trinajstić information content (AvgIpc) is 3.57. The van der Waals surface area contributed by atoms with Gasteiger partial charge in [0.15, 0.2) is 12.4 Å². The van der Waals surface area contributed by atoms with Gasteiger partial charge in [-0.25, -0.2) is 9.89 Å². The number of hydrogen-bond acceptors (Lipinski definition) is 12. The number of para-hydroxylation sites is 1. The molecule has 186 valence electrons. The second-order valence-electron chi connectivity index (χ2n) is 7.55. The summed E-state index contributed by atoms with van der Waals surface area (Å²) in [7, 11) is 0. The Bertz CT molecular complexity index is 1300. The number of carbonyl (C=O) groups is 3. The minimum Gasteiger partial charge on any atom is -0.484 e. The highest BCUT2D eigenvalue weighted by Gasteiger charge is 2.54. The molecule has 1 fully saturated rings. The third-order valence-corrected chi connectivity index (χ3v) is 7.42. The van der Waals surface area contributed by atoms with Crippen LogP contribution in [0.25, 0.3) is 0 Å². The molecule has 2 aliphatic heterocycles. The summed E-state index contributed by atoms with van der Waals surface area (Å²) in [5.74, 6) is -0.546. The molecule has 36 heavy (non-hydrogen) atoms. The van der Waals surface area contributed by atoms with Gasteiger partial charge >= 0.3 is 5.97 Å². The lowest BCUT2D eigenvalue weighted by molar-refractivity contribution is -0.150. The van der Waals surface area contributed by atoms with Crippen molar-refractivity contribution in [3.8, 4) is 5.75 Å². The quantitative estimate of drug-likeness (QED) is 0.217. The second-order valence-corrected chi connectivity index (χ2v) is 9.60. The molecule has 3 N–H and O–H groups in total. The summed E-state index contributed by atoms with van der Waals surface area (Å²) < 4.78 is 5.41. The van der Waals surface area contributed by atoms with Crippen molar-refractivity contribution in [2.45, 2.75) is 23.1 Å². The van der Waals surface area contributed by atoms with E-state index in [0.717, 1.165) is 0 Å². The van der Waals surface area contributed by atoms with E-state index in [0.29, 0.717) is 28.1 Å². The van der Waals surface area contributed by atoms with Crippen molar-refractivity contribution in [2.75, 3.05) is 18.1 Å². The number of thioether (sulfide) groups is 2. The Hall–Kier alpha value is -3.99. The van der Waals surface area contributed by atoms with Crippen LogP contribution in [0.3, 0.4) is 0 Å². The van der Waals surface area contributed by atoms with Crippen molar-refractivity contribution < 1.29 is 24.2 Å². The molecule has 1 aromatic carbocycles. The summed E-state index contributed by atoms with van der Waals surface area (Å²) in [6.07, 6.45) is 0. The second kappa shape index (κ2) is 10.3. The lowest BCUT2D eigenvalue weighted by Crippen LogP contribution is -2.70. The van der Waals surface area contributed by atoms with Gasteiger partial charge in [-0.3, -0.25) is 14.5 Å². The zero-order chi connectivity index (χ0) is 25.1. The molecule has 0 spiro atoms. The molecular formula is C19H18N10O5S2. The van der Waals surface area contributed by atoms with Crippen LogP contribution in [0.1, 0.15) is 5.82 Å². The van der Waals surface area contributed by atoms with Crippen LogP contribution < -0.4 is 10.1 Å². The summed E-state index contributed by atoms with van der Waals surface area (Å²) in [4.78, 5) is 39.6. The number of fused-ring (bicyclic) bond motifs is 1. The van der Waals surface area contributed by atoms with Crippen LogP contribution in [-0.4, -0.2) is 98.1 Å². The van der Waals surface area contributed by atoms with Gasteiger partial charge < -0.3 is 15.2 Å². The molecule has 3 aromatic rings. The predicted octanol–water partition coefficient (Wildman–Crippen LogP) is -0.856. The van der Waals surface area contributed by atoms with Gasteiger partial charge in [0.05, 0.1) is 0 Å². The summed E-state index contributed by atoms with van der Waals surface area (Å²) >= 11 is 2.58. The molecule has 2 amide bonds. The van der Waals surface area contributed by atoms with Crippen LogP contribution in [0.15, 0.2) is 46.8 Å². The van der Waals surface area contributed by atoms with Crippen molar-refractivity contribution in [3.63, 3.8) is 0 Å². The largest absolute Gasteiger partial charge is 0.484 e. The fourth-order valence-corrected chi connectivity index (χ4v) is 5.82. The van der Waals surface area contributed by atoms with Gasteiger partial charge in [0.25, 0.3) is 11.8 Å². The number of carbonyl (C=O) groups excluding carboxylic acids is 2. The van der Waals surface area contributed by atoms with Gasteiger partial charge in [0.2, 0.25) is 5.16 Å².